The summed E-state index contributed by atoms with van der Waals surface area (Å²) in [6.07, 6.45) is 2.17. The minimum atomic E-state index is 0.0185. The molecule has 1 saturated carbocycles. The van der Waals surface area contributed by atoms with Crippen LogP contribution in [0.2, 0.25) is 5.02 Å². The number of hydrogen-bond acceptors (Lipinski definition) is 2. The van der Waals surface area contributed by atoms with Crippen LogP contribution in [0.25, 0.3) is 0 Å². The third-order valence-electron chi connectivity index (χ3n) is 3.36. The van der Waals surface area contributed by atoms with E-state index in [4.69, 9.17) is 11.6 Å². The van der Waals surface area contributed by atoms with Crippen LogP contribution in [-0.2, 0) is 6.54 Å². The predicted molar refractivity (Wildman–Crippen MR) is 86.4 cm³/mol. The Morgan fingerprint density at radius 1 is 1.40 bits per heavy atom. The van der Waals surface area contributed by atoms with E-state index in [1.807, 2.05) is 22.4 Å². The van der Waals surface area contributed by atoms with E-state index in [9.17, 15) is 4.79 Å². The topological polar surface area (TPSA) is 20.3 Å². The van der Waals surface area contributed by atoms with Crippen molar-refractivity contribution in [1.29, 1.82) is 0 Å². The largest absolute Gasteiger partial charge is 0.331 e. The van der Waals surface area contributed by atoms with Crippen LogP contribution in [0.1, 0.15) is 28.8 Å². The second-order valence-corrected chi connectivity index (χ2v) is 6.91. The van der Waals surface area contributed by atoms with Crippen LogP contribution in [0, 0.1) is 0 Å². The number of amides is 1. The summed E-state index contributed by atoms with van der Waals surface area (Å²) in [5.41, 5.74) is 1.75. The highest BCUT2D eigenvalue weighted by atomic mass is 79.9. The standard InChI is InChI=1S/C15H13BrClNOS/c16-13-3-1-2-12(14(13)17)15(19)18(11-4-5-11)8-10-6-7-20-9-10/h1-3,6-7,9,11H,4-5,8H2. The Balaban J connectivity index is 1.87. The maximum atomic E-state index is 12.7. The first-order chi connectivity index (χ1) is 9.66. The van der Waals surface area contributed by atoms with Crippen LogP contribution < -0.4 is 0 Å². The third-order valence-corrected chi connectivity index (χ3v) is 5.39. The summed E-state index contributed by atoms with van der Waals surface area (Å²) >= 11 is 11.3. The summed E-state index contributed by atoms with van der Waals surface area (Å²) in [4.78, 5) is 14.7. The van der Waals surface area contributed by atoms with Crippen LogP contribution in [0.3, 0.4) is 0 Å². The van der Waals surface area contributed by atoms with Gasteiger partial charge in [0, 0.05) is 17.1 Å². The summed E-state index contributed by atoms with van der Waals surface area (Å²) < 4.78 is 0.760. The minimum absolute atomic E-state index is 0.0185. The third kappa shape index (κ3) is 2.92. The number of thiophene rings is 1. The highest BCUT2D eigenvalue weighted by molar-refractivity contribution is 9.10. The molecule has 1 amide bonds. The normalized spacial score (nSPS) is 14.3. The molecule has 0 saturated heterocycles. The van der Waals surface area contributed by atoms with E-state index in [1.165, 1.54) is 5.56 Å². The van der Waals surface area contributed by atoms with Gasteiger partial charge in [0.1, 0.15) is 0 Å². The van der Waals surface area contributed by atoms with Gasteiger partial charge in [0.15, 0.2) is 0 Å². The monoisotopic (exact) mass is 369 g/mol. The van der Waals surface area contributed by atoms with Gasteiger partial charge in [-0.2, -0.15) is 11.3 Å². The lowest BCUT2D eigenvalue weighted by Crippen LogP contribution is -2.32. The molecule has 20 heavy (non-hydrogen) atoms. The van der Waals surface area contributed by atoms with Gasteiger partial charge >= 0.3 is 0 Å². The number of rotatable bonds is 4. The Morgan fingerprint density at radius 3 is 2.85 bits per heavy atom. The maximum Gasteiger partial charge on any atom is 0.255 e. The van der Waals surface area contributed by atoms with Crippen LogP contribution >= 0.6 is 38.9 Å². The molecule has 1 aromatic carbocycles. The molecule has 1 aliphatic carbocycles. The molecule has 1 aromatic heterocycles. The quantitative estimate of drug-likeness (QED) is 0.744. The zero-order valence-electron chi connectivity index (χ0n) is 10.7. The summed E-state index contributed by atoms with van der Waals surface area (Å²) in [7, 11) is 0. The molecule has 5 heteroatoms. The number of nitrogens with zero attached hydrogens (tertiary/aromatic N) is 1. The van der Waals surface area contributed by atoms with Crippen molar-refractivity contribution in [1.82, 2.24) is 4.90 Å². The molecular formula is C15H13BrClNOS. The molecule has 1 fully saturated rings. The van der Waals surface area contributed by atoms with Crippen molar-refractivity contribution in [3.63, 3.8) is 0 Å². The fourth-order valence-electron chi connectivity index (χ4n) is 2.16. The average molecular weight is 371 g/mol. The van der Waals surface area contributed by atoms with E-state index < -0.39 is 0 Å². The molecule has 0 N–H and O–H groups in total. The van der Waals surface area contributed by atoms with Crippen molar-refractivity contribution < 1.29 is 4.79 Å². The summed E-state index contributed by atoms with van der Waals surface area (Å²) in [6.45, 7) is 0.663. The molecule has 104 valence electrons. The van der Waals surface area contributed by atoms with Crippen molar-refractivity contribution >= 4 is 44.8 Å². The molecular weight excluding hydrogens is 358 g/mol. The number of hydrogen-bond donors (Lipinski definition) is 0. The lowest BCUT2D eigenvalue weighted by molar-refractivity contribution is 0.0730. The fourth-order valence-corrected chi connectivity index (χ4v) is 3.39. The van der Waals surface area contributed by atoms with Gasteiger partial charge in [-0.15, -0.1) is 0 Å². The second kappa shape index (κ2) is 5.88. The van der Waals surface area contributed by atoms with Crippen LogP contribution in [0.4, 0.5) is 0 Å². The van der Waals surface area contributed by atoms with E-state index in [1.54, 1.807) is 17.4 Å². The van der Waals surface area contributed by atoms with Crippen LogP contribution in [-0.4, -0.2) is 16.8 Å². The van der Waals surface area contributed by atoms with Gasteiger partial charge in [0.2, 0.25) is 0 Å². The predicted octanol–water partition coefficient (Wildman–Crippen LogP) is 4.97. The van der Waals surface area contributed by atoms with Crippen molar-refractivity contribution in [2.45, 2.75) is 25.4 Å². The molecule has 0 atom stereocenters. The van der Waals surface area contributed by atoms with Gasteiger partial charge in [-0.3, -0.25) is 4.79 Å². The van der Waals surface area contributed by atoms with Crippen LogP contribution in [0.5, 0.6) is 0 Å². The van der Waals surface area contributed by atoms with Gasteiger partial charge in [-0.1, -0.05) is 17.7 Å². The van der Waals surface area contributed by atoms with Crippen LogP contribution in [0.15, 0.2) is 39.5 Å². The fraction of sp³-hybridized carbons (Fsp3) is 0.267. The lowest BCUT2D eigenvalue weighted by atomic mass is 10.2. The molecule has 0 radical (unpaired) electrons. The average Bonchev–Trinajstić information content (AvgIpc) is 3.15. The zero-order valence-corrected chi connectivity index (χ0v) is 13.8. The molecule has 0 aliphatic heterocycles. The van der Waals surface area contributed by atoms with E-state index >= 15 is 0 Å². The van der Waals surface area contributed by atoms with Gasteiger partial charge < -0.3 is 4.90 Å². The second-order valence-electron chi connectivity index (χ2n) is 4.90. The van der Waals surface area contributed by atoms with Crippen molar-refractivity contribution in [2.75, 3.05) is 0 Å². The molecule has 0 unspecified atom stereocenters. The maximum absolute atomic E-state index is 12.7. The van der Waals surface area contributed by atoms with Crippen molar-refractivity contribution in [2.24, 2.45) is 0 Å². The van der Waals surface area contributed by atoms with Crippen molar-refractivity contribution in [3.8, 4) is 0 Å². The van der Waals surface area contributed by atoms with E-state index in [0.717, 1.165) is 17.3 Å². The van der Waals surface area contributed by atoms with Gasteiger partial charge in [0.25, 0.3) is 5.91 Å². The van der Waals surface area contributed by atoms with E-state index in [2.05, 4.69) is 27.4 Å². The first-order valence-corrected chi connectivity index (χ1v) is 8.54. The lowest BCUT2D eigenvalue weighted by Gasteiger charge is -2.22. The van der Waals surface area contributed by atoms with E-state index in [0.29, 0.717) is 23.2 Å². The molecule has 2 nitrogen and oxygen atoms in total. The smallest absolute Gasteiger partial charge is 0.255 e. The summed E-state index contributed by atoms with van der Waals surface area (Å²) in [5, 5.41) is 4.62. The van der Waals surface area contributed by atoms with Gasteiger partial charge in [-0.25, -0.2) is 0 Å². The molecule has 3 rings (SSSR count). The Morgan fingerprint density at radius 2 is 2.20 bits per heavy atom. The number of carbonyl (C=O) groups excluding carboxylic acids is 1. The number of halogens is 2. The number of benzene rings is 1. The Bertz CT molecular complexity index is 625. The van der Waals surface area contributed by atoms with Gasteiger partial charge in [0.05, 0.1) is 10.6 Å². The van der Waals surface area contributed by atoms with E-state index in [-0.39, 0.29) is 5.91 Å². The Kier molecular flexibility index (Phi) is 4.15. The van der Waals surface area contributed by atoms with Crippen molar-refractivity contribution in [3.05, 3.63) is 55.6 Å². The Labute approximate surface area is 135 Å². The first kappa shape index (κ1) is 14.1. The molecule has 0 spiro atoms. The molecule has 2 aromatic rings. The minimum Gasteiger partial charge on any atom is -0.331 e. The molecule has 0 bridgehead atoms. The first-order valence-electron chi connectivity index (χ1n) is 6.43. The highest BCUT2D eigenvalue weighted by Gasteiger charge is 2.34. The van der Waals surface area contributed by atoms with Gasteiger partial charge in [-0.05, 0) is 63.3 Å². The zero-order chi connectivity index (χ0) is 14.1. The number of carbonyl (C=O) groups is 1. The Hall–Kier alpha value is -0.840. The SMILES string of the molecule is O=C(c1cccc(Br)c1Cl)N(Cc1ccsc1)C1CC1. The summed E-state index contributed by atoms with van der Waals surface area (Å²) in [5.74, 6) is 0.0185. The molecule has 1 aliphatic rings. The highest BCUT2D eigenvalue weighted by Crippen LogP contribution is 2.33. The summed E-state index contributed by atoms with van der Waals surface area (Å²) in [6, 6.07) is 7.91. The molecule has 1 heterocycles.